The monoisotopic (exact) mass is 371 g/mol. The molecule has 2 aromatic carbocycles. The number of hydrogen-bond acceptors (Lipinski definition) is 5. The van der Waals surface area contributed by atoms with E-state index in [0.717, 1.165) is 11.8 Å². The standard InChI is InChI=1S/C19H15NO3.H3PS/c21-13-16-10-11-20-12-19(16)23-18-9-5-4-8-17(18)22-14-15-6-2-1-3-7-15;1-2/h1-13H,14H2;2H,1H2. The summed E-state index contributed by atoms with van der Waals surface area (Å²) in [5.41, 5.74) is 1.51. The first kappa shape index (κ1) is 19.0. The molecule has 1 heterocycles. The molecule has 1 atom stereocenters. The van der Waals surface area contributed by atoms with Gasteiger partial charge in [-0.05, 0) is 23.8 Å². The summed E-state index contributed by atoms with van der Waals surface area (Å²) in [4.78, 5) is 15.1. The van der Waals surface area contributed by atoms with Crippen molar-refractivity contribution in [2.45, 2.75) is 6.61 Å². The Labute approximate surface area is 154 Å². The summed E-state index contributed by atoms with van der Waals surface area (Å²) in [6.07, 6.45) is 3.80. The smallest absolute Gasteiger partial charge is 0.169 e. The maximum atomic E-state index is 11.1. The van der Waals surface area contributed by atoms with Crippen molar-refractivity contribution in [3.05, 3.63) is 84.2 Å². The van der Waals surface area contributed by atoms with Crippen molar-refractivity contribution in [3.8, 4) is 17.2 Å². The predicted octanol–water partition coefficient (Wildman–Crippen LogP) is 4.97. The number of aldehydes is 1. The SMILES string of the molecule is O=Cc1ccncc1Oc1ccccc1OCc1ccccc1.PS. The lowest BCUT2D eigenvalue weighted by Crippen LogP contribution is -1.98. The summed E-state index contributed by atoms with van der Waals surface area (Å²) in [6, 6.07) is 18.8. The van der Waals surface area contributed by atoms with Crippen molar-refractivity contribution in [1.29, 1.82) is 0 Å². The van der Waals surface area contributed by atoms with Crippen LogP contribution in [0.25, 0.3) is 0 Å². The lowest BCUT2D eigenvalue weighted by Gasteiger charge is -2.13. The summed E-state index contributed by atoms with van der Waals surface area (Å²) in [6.45, 7) is 0.439. The van der Waals surface area contributed by atoms with E-state index >= 15 is 0 Å². The van der Waals surface area contributed by atoms with Crippen LogP contribution in [0.15, 0.2) is 73.1 Å². The molecule has 0 saturated carbocycles. The Bertz CT molecular complexity index is 799. The topological polar surface area (TPSA) is 48.4 Å². The van der Waals surface area contributed by atoms with Gasteiger partial charge in [-0.2, -0.15) is 12.2 Å². The van der Waals surface area contributed by atoms with E-state index in [4.69, 9.17) is 9.47 Å². The highest BCUT2D eigenvalue weighted by Gasteiger charge is 2.09. The number of carbonyl (C=O) groups excluding carboxylic acids is 1. The molecule has 0 N–H and O–H groups in total. The zero-order valence-corrected chi connectivity index (χ0v) is 15.5. The van der Waals surface area contributed by atoms with Gasteiger partial charge in [0.25, 0.3) is 0 Å². The maximum absolute atomic E-state index is 11.1. The van der Waals surface area contributed by atoms with Gasteiger partial charge in [-0.25, -0.2) is 0 Å². The molecule has 4 nitrogen and oxygen atoms in total. The molecule has 0 fully saturated rings. The van der Waals surface area contributed by atoms with Crippen molar-refractivity contribution in [1.82, 2.24) is 4.98 Å². The second-order valence-corrected chi connectivity index (χ2v) is 4.85. The van der Waals surface area contributed by atoms with Crippen LogP contribution in [0.5, 0.6) is 17.2 Å². The fourth-order valence-electron chi connectivity index (χ4n) is 2.08. The van der Waals surface area contributed by atoms with Crippen LogP contribution in [-0.4, -0.2) is 11.3 Å². The number of aromatic nitrogens is 1. The van der Waals surface area contributed by atoms with Gasteiger partial charge in [-0.3, -0.25) is 9.78 Å². The molecule has 6 heteroatoms. The first-order valence-electron chi connectivity index (χ1n) is 7.45. The van der Waals surface area contributed by atoms with Gasteiger partial charge in [-0.1, -0.05) is 50.9 Å². The van der Waals surface area contributed by atoms with Crippen LogP contribution in [0.1, 0.15) is 15.9 Å². The van der Waals surface area contributed by atoms with E-state index in [1.165, 1.54) is 6.20 Å². The fourth-order valence-corrected chi connectivity index (χ4v) is 2.08. The summed E-state index contributed by atoms with van der Waals surface area (Å²) < 4.78 is 11.6. The van der Waals surface area contributed by atoms with Crippen LogP contribution in [-0.2, 0) is 6.61 Å². The molecule has 0 spiro atoms. The molecule has 0 aliphatic heterocycles. The largest absolute Gasteiger partial charge is 0.485 e. The Morgan fingerprint density at radius 3 is 2.32 bits per heavy atom. The molecule has 0 amide bonds. The normalized spacial score (nSPS) is 9.52. The Kier molecular flexibility index (Phi) is 7.96. The number of para-hydroxylation sites is 2. The van der Waals surface area contributed by atoms with Crippen molar-refractivity contribution in [3.63, 3.8) is 0 Å². The number of pyridine rings is 1. The van der Waals surface area contributed by atoms with Gasteiger partial charge >= 0.3 is 0 Å². The minimum atomic E-state index is 0.401. The van der Waals surface area contributed by atoms with Crippen LogP contribution >= 0.6 is 20.7 Å². The highest BCUT2D eigenvalue weighted by Crippen LogP contribution is 2.32. The van der Waals surface area contributed by atoms with Crippen LogP contribution in [0.2, 0.25) is 0 Å². The van der Waals surface area contributed by atoms with Gasteiger partial charge in [0.15, 0.2) is 23.5 Å². The van der Waals surface area contributed by atoms with Gasteiger partial charge in [0, 0.05) is 6.20 Å². The fraction of sp³-hybridized carbons (Fsp3) is 0.0526. The Morgan fingerprint density at radius 1 is 0.920 bits per heavy atom. The van der Waals surface area contributed by atoms with Crippen LogP contribution in [0.3, 0.4) is 0 Å². The molecule has 128 valence electrons. The number of benzene rings is 2. The van der Waals surface area contributed by atoms with Gasteiger partial charge in [0.05, 0.1) is 11.8 Å². The molecule has 0 saturated heterocycles. The molecule has 0 aliphatic carbocycles. The zero-order valence-electron chi connectivity index (χ0n) is 13.4. The van der Waals surface area contributed by atoms with Crippen LogP contribution < -0.4 is 9.47 Å². The van der Waals surface area contributed by atoms with E-state index in [0.29, 0.717) is 29.4 Å². The molecule has 25 heavy (non-hydrogen) atoms. The first-order valence-corrected chi connectivity index (χ1v) is 9.52. The van der Waals surface area contributed by atoms with E-state index in [1.807, 2.05) is 48.5 Å². The second kappa shape index (κ2) is 10.5. The third-order valence-corrected chi connectivity index (χ3v) is 3.25. The Hall–Kier alpha value is -2.36. The summed E-state index contributed by atoms with van der Waals surface area (Å²) >= 11 is 3.44. The van der Waals surface area contributed by atoms with E-state index in [-0.39, 0.29) is 0 Å². The van der Waals surface area contributed by atoms with Crippen molar-refractivity contribution in [2.24, 2.45) is 0 Å². The molecular formula is C19H18NO3PS. The van der Waals surface area contributed by atoms with Gasteiger partial charge in [0.1, 0.15) is 6.61 Å². The lowest BCUT2D eigenvalue weighted by atomic mass is 10.2. The molecule has 3 rings (SSSR count). The van der Waals surface area contributed by atoms with Gasteiger partial charge in [0.2, 0.25) is 0 Å². The minimum Gasteiger partial charge on any atom is -0.485 e. The third-order valence-electron chi connectivity index (χ3n) is 3.25. The number of thiol groups is 1. The predicted molar refractivity (Wildman–Crippen MR) is 106 cm³/mol. The Balaban J connectivity index is 0.00000109. The average Bonchev–Trinajstić information content (AvgIpc) is 2.70. The average molecular weight is 371 g/mol. The van der Waals surface area contributed by atoms with Crippen molar-refractivity contribution in [2.75, 3.05) is 0 Å². The minimum absolute atomic E-state index is 0.401. The summed E-state index contributed by atoms with van der Waals surface area (Å²) in [5.74, 6) is 1.55. The van der Waals surface area contributed by atoms with Crippen molar-refractivity contribution < 1.29 is 14.3 Å². The molecule has 0 radical (unpaired) electrons. The highest BCUT2D eigenvalue weighted by molar-refractivity contribution is 8.31. The third kappa shape index (κ3) is 5.59. The van der Waals surface area contributed by atoms with Crippen molar-refractivity contribution >= 4 is 27.0 Å². The highest BCUT2D eigenvalue weighted by atomic mass is 32.7. The van der Waals surface area contributed by atoms with E-state index in [9.17, 15) is 4.79 Å². The number of nitrogens with zero attached hydrogens (tertiary/aromatic N) is 1. The molecule has 0 bridgehead atoms. The number of hydrogen-bond donors (Lipinski definition) is 1. The Morgan fingerprint density at radius 2 is 1.60 bits per heavy atom. The lowest BCUT2D eigenvalue weighted by molar-refractivity contribution is 0.112. The number of rotatable bonds is 6. The zero-order chi connectivity index (χ0) is 17.9. The first-order chi connectivity index (χ1) is 12.4. The molecule has 1 unspecified atom stereocenters. The molecular weight excluding hydrogens is 353 g/mol. The van der Waals surface area contributed by atoms with E-state index < -0.39 is 0 Å². The quantitative estimate of drug-likeness (QED) is 0.377. The summed E-state index contributed by atoms with van der Waals surface area (Å²) in [7, 11) is 2.11. The van der Waals surface area contributed by atoms with E-state index in [2.05, 4.69) is 25.7 Å². The number of ether oxygens (including phenoxy) is 2. The molecule has 0 aliphatic rings. The van der Waals surface area contributed by atoms with Gasteiger partial charge in [-0.15, -0.1) is 0 Å². The molecule has 1 aromatic heterocycles. The summed E-state index contributed by atoms with van der Waals surface area (Å²) in [5, 5.41) is 0. The second-order valence-electron chi connectivity index (χ2n) is 4.85. The maximum Gasteiger partial charge on any atom is 0.169 e. The van der Waals surface area contributed by atoms with Gasteiger partial charge < -0.3 is 9.47 Å². The molecule has 3 aromatic rings. The van der Waals surface area contributed by atoms with E-state index in [1.54, 1.807) is 18.3 Å². The van der Waals surface area contributed by atoms with Crippen LogP contribution in [0, 0.1) is 0 Å². The number of carbonyl (C=O) groups is 1. The van der Waals surface area contributed by atoms with Crippen LogP contribution in [0.4, 0.5) is 0 Å².